The van der Waals surface area contributed by atoms with Crippen LogP contribution in [0.15, 0.2) is 35.6 Å². The monoisotopic (exact) mass is 302 g/mol. The number of guanidine groups is 1. The minimum Gasteiger partial charge on any atom is -0.491 e. The molecule has 0 saturated carbocycles. The van der Waals surface area contributed by atoms with Gasteiger partial charge in [0.1, 0.15) is 24.5 Å². The standard InChI is InChI=1S/C15H22N6O/c1-12-6-4-5-7-13(12)22-9-8-17-15(16-2)18-10-14-19-11-20-21(14)3/h4-7,11H,8-10H2,1-3H3,(H2,16,17,18). The Bertz CT molecular complexity index is 622. The Hall–Kier alpha value is -2.57. The van der Waals surface area contributed by atoms with Crippen LogP contribution in [-0.4, -0.2) is 40.9 Å². The molecule has 0 bridgehead atoms. The zero-order chi connectivity index (χ0) is 15.8. The molecule has 7 nitrogen and oxygen atoms in total. The molecule has 22 heavy (non-hydrogen) atoms. The second kappa shape index (κ2) is 8.02. The van der Waals surface area contributed by atoms with E-state index in [0.29, 0.717) is 25.7 Å². The van der Waals surface area contributed by atoms with Crippen LogP contribution in [0.3, 0.4) is 0 Å². The van der Waals surface area contributed by atoms with Crippen molar-refractivity contribution in [2.24, 2.45) is 12.0 Å². The van der Waals surface area contributed by atoms with E-state index in [-0.39, 0.29) is 0 Å². The molecule has 1 aromatic heterocycles. The Morgan fingerprint density at radius 1 is 1.32 bits per heavy atom. The van der Waals surface area contributed by atoms with Gasteiger partial charge in [0.05, 0.1) is 13.1 Å². The van der Waals surface area contributed by atoms with Gasteiger partial charge in [0, 0.05) is 14.1 Å². The summed E-state index contributed by atoms with van der Waals surface area (Å²) in [6.45, 7) is 3.82. The van der Waals surface area contributed by atoms with Crippen LogP contribution in [0.5, 0.6) is 5.75 Å². The predicted molar refractivity (Wildman–Crippen MR) is 85.9 cm³/mol. The number of nitrogens with one attached hydrogen (secondary N) is 2. The number of benzene rings is 1. The van der Waals surface area contributed by atoms with Gasteiger partial charge in [0.2, 0.25) is 0 Å². The number of ether oxygens (including phenoxy) is 1. The summed E-state index contributed by atoms with van der Waals surface area (Å²) in [5.74, 6) is 2.46. The first-order valence-electron chi connectivity index (χ1n) is 7.16. The molecule has 1 heterocycles. The summed E-state index contributed by atoms with van der Waals surface area (Å²) in [7, 11) is 3.59. The molecule has 0 atom stereocenters. The average molecular weight is 302 g/mol. The fourth-order valence-electron chi connectivity index (χ4n) is 1.91. The van der Waals surface area contributed by atoms with E-state index in [1.807, 2.05) is 38.2 Å². The molecule has 1 aromatic carbocycles. The van der Waals surface area contributed by atoms with Crippen molar-refractivity contribution < 1.29 is 4.74 Å². The van der Waals surface area contributed by atoms with Crippen LogP contribution in [0.25, 0.3) is 0 Å². The van der Waals surface area contributed by atoms with Crippen molar-refractivity contribution in [1.29, 1.82) is 0 Å². The third-order valence-electron chi connectivity index (χ3n) is 3.19. The summed E-state index contributed by atoms with van der Waals surface area (Å²) in [5, 5.41) is 10.4. The van der Waals surface area contributed by atoms with Crippen molar-refractivity contribution >= 4 is 5.96 Å². The minimum absolute atomic E-state index is 0.564. The largest absolute Gasteiger partial charge is 0.491 e. The second-order valence-corrected chi connectivity index (χ2v) is 4.77. The molecule has 2 N–H and O–H groups in total. The maximum atomic E-state index is 5.73. The van der Waals surface area contributed by atoms with Crippen LogP contribution < -0.4 is 15.4 Å². The SMILES string of the molecule is CN=C(NCCOc1ccccc1C)NCc1ncnn1C. The smallest absolute Gasteiger partial charge is 0.191 e. The Morgan fingerprint density at radius 3 is 2.82 bits per heavy atom. The molecular formula is C15H22N6O. The van der Waals surface area contributed by atoms with Crippen LogP contribution >= 0.6 is 0 Å². The number of hydrogen-bond donors (Lipinski definition) is 2. The summed E-state index contributed by atoms with van der Waals surface area (Å²) in [6.07, 6.45) is 1.53. The van der Waals surface area contributed by atoms with Crippen molar-refractivity contribution in [2.75, 3.05) is 20.2 Å². The van der Waals surface area contributed by atoms with Crippen molar-refractivity contribution in [2.45, 2.75) is 13.5 Å². The quantitative estimate of drug-likeness (QED) is 0.470. The van der Waals surface area contributed by atoms with E-state index < -0.39 is 0 Å². The first-order valence-corrected chi connectivity index (χ1v) is 7.16. The zero-order valence-corrected chi connectivity index (χ0v) is 13.2. The highest BCUT2D eigenvalue weighted by Gasteiger charge is 2.03. The molecule has 0 fully saturated rings. The summed E-state index contributed by atoms with van der Waals surface area (Å²) in [5.41, 5.74) is 1.13. The first-order chi connectivity index (χ1) is 10.7. The first kappa shape index (κ1) is 15.8. The third-order valence-corrected chi connectivity index (χ3v) is 3.19. The normalized spacial score (nSPS) is 11.3. The Kier molecular flexibility index (Phi) is 5.76. The van der Waals surface area contributed by atoms with Crippen LogP contribution in [-0.2, 0) is 13.6 Å². The Balaban J connectivity index is 1.71. The van der Waals surface area contributed by atoms with E-state index >= 15 is 0 Å². The van der Waals surface area contributed by atoms with E-state index in [0.717, 1.165) is 17.1 Å². The van der Waals surface area contributed by atoms with Gasteiger partial charge in [-0.1, -0.05) is 18.2 Å². The van der Waals surface area contributed by atoms with Gasteiger partial charge in [-0.3, -0.25) is 9.67 Å². The van der Waals surface area contributed by atoms with Gasteiger partial charge in [0.15, 0.2) is 5.96 Å². The topological polar surface area (TPSA) is 76.4 Å². The lowest BCUT2D eigenvalue weighted by molar-refractivity contribution is 0.320. The zero-order valence-electron chi connectivity index (χ0n) is 13.2. The molecule has 0 radical (unpaired) electrons. The lowest BCUT2D eigenvalue weighted by atomic mass is 10.2. The van der Waals surface area contributed by atoms with Gasteiger partial charge in [0.25, 0.3) is 0 Å². The fraction of sp³-hybridized carbons (Fsp3) is 0.400. The van der Waals surface area contributed by atoms with Gasteiger partial charge < -0.3 is 15.4 Å². The van der Waals surface area contributed by atoms with Gasteiger partial charge in [-0.2, -0.15) is 5.10 Å². The van der Waals surface area contributed by atoms with Gasteiger partial charge >= 0.3 is 0 Å². The summed E-state index contributed by atoms with van der Waals surface area (Å²) >= 11 is 0. The number of aromatic nitrogens is 3. The second-order valence-electron chi connectivity index (χ2n) is 4.77. The van der Waals surface area contributed by atoms with Gasteiger partial charge in [-0.15, -0.1) is 0 Å². The summed E-state index contributed by atoms with van der Waals surface area (Å²) in [6, 6.07) is 7.97. The molecule has 0 amide bonds. The third kappa shape index (κ3) is 4.47. The van der Waals surface area contributed by atoms with Crippen molar-refractivity contribution in [1.82, 2.24) is 25.4 Å². The molecule has 0 unspecified atom stereocenters. The molecule has 0 aliphatic carbocycles. The highest BCUT2D eigenvalue weighted by atomic mass is 16.5. The summed E-state index contributed by atoms with van der Waals surface area (Å²) < 4.78 is 7.45. The number of nitrogens with zero attached hydrogens (tertiary/aromatic N) is 4. The number of rotatable bonds is 6. The Labute approximate surface area is 130 Å². The van der Waals surface area contributed by atoms with Crippen molar-refractivity contribution in [3.8, 4) is 5.75 Å². The molecule has 2 rings (SSSR count). The number of para-hydroxylation sites is 1. The lowest BCUT2D eigenvalue weighted by Gasteiger charge is -2.13. The van der Waals surface area contributed by atoms with Crippen LogP contribution in [0.1, 0.15) is 11.4 Å². The molecule has 118 valence electrons. The minimum atomic E-state index is 0.564. The van der Waals surface area contributed by atoms with E-state index in [1.54, 1.807) is 11.7 Å². The van der Waals surface area contributed by atoms with E-state index in [9.17, 15) is 0 Å². The average Bonchev–Trinajstić information content (AvgIpc) is 2.93. The molecule has 0 aliphatic heterocycles. The van der Waals surface area contributed by atoms with Crippen LogP contribution in [0.4, 0.5) is 0 Å². The van der Waals surface area contributed by atoms with E-state index in [2.05, 4.69) is 25.7 Å². The molecule has 7 heteroatoms. The molecular weight excluding hydrogens is 280 g/mol. The molecule has 0 aliphatic rings. The number of aryl methyl sites for hydroxylation is 2. The lowest BCUT2D eigenvalue weighted by Crippen LogP contribution is -2.39. The maximum absolute atomic E-state index is 5.73. The van der Waals surface area contributed by atoms with Crippen molar-refractivity contribution in [3.63, 3.8) is 0 Å². The highest BCUT2D eigenvalue weighted by molar-refractivity contribution is 5.79. The Morgan fingerprint density at radius 2 is 2.14 bits per heavy atom. The van der Waals surface area contributed by atoms with Crippen molar-refractivity contribution in [3.05, 3.63) is 42.0 Å². The predicted octanol–water partition coefficient (Wildman–Crippen LogP) is 0.868. The van der Waals surface area contributed by atoms with Crippen LogP contribution in [0, 0.1) is 6.92 Å². The number of aliphatic imine (C=N–C) groups is 1. The highest BCUT2D eigenvalue weighted by Crippen LogP contribution is 2.15. The summed E-state index contributed by atoms with van der Waals surface area (Å²) in [4.78, 5) is 8.31. The van der Waals surface area contributed by atoms with Crippen LogP contribution in [0.2, 0.25) is 0 Å². The van der Waals surface area contributed by atoms with Gasteiger partial charge in [-0.25, -0.2) is 4.98 Å². The fourth-order valence-corrected chi connectivity index (χ4v) is 1.91. The number of hydrogen-bond acceptors (Lipinski definition) is 4. The maximum Gasteiger partial charge on any atom is 0.191 e. The van der Waals surface area contributed by atoms with E-state index in [4.69, 9.17) is 4.74 Å². The molecule has 2 aromatic rings. The molecule has 0 saturated heterocycles. The van der Waals surface area contributed by atoms with E-state index in [1.165, 1.54) is 6.33 Å². The van der Waals surface area contributed by atoms with Gasteiger partial charge in [-0.05, 0) is 18.6 Å². The molecule has 0 spiro atoms.